The lowest BCUT2D eigenvalue weighted by Gasteiger charge is -2.34. The molecule has 0 spiro atoms. The molecule has 0 aliphatic heterocycles. The lowest BCUT2D eigenvalue weighted by Crippen LogP contribution is -2.33. The SMILES string of the molecule is CC1=C(C)C(=O)C(C(C)(CCCCCO[N+](=O)[O-])CC(=O)O)=C(C)C1=O. The van der Waals surface area contributed by atoms with E-state index in [0.717, 1.165) is 0 Å². The molecule has 0 heterocycles. The maximum Gasteiger partial charge on any atom is 0.304 e. The Bertz CT molecular complexity index is 690. The van der Waals surface area contributed by atoms with Gasteiger partial charge in [-0.1, -0.05) is 19.8 Å². The van der Waals surface area contributed by atoms with Crippen LogP contribution in [0.1, 0.15) is 59.8 Å². The van der Waals surface area contributed by atoms with Crippen LogP contribution >= 0.6 is 0 Å². The number of aliphatic carboxylic acids is 1. The molecule has 0 aromatic rings. The molecule has 1 atom stereocenters. The van der Waals surface area contributed by atoms with Crippen molar-refractivity contribution in [3.8, 4) is 0 Å². The van der Waals surface area contributed by atoms with Gasteiger partial charge in [-0.2, -0.15) is 0 Å². The normalized spacial score (nSPS) is 17.4. The fourth-order valence-electron chi connectivity index (χ4n) is 3.39. The highest BCUT2D eigenvalue weighted by Gasteiger charge is 2.40. The summed E-state index contributed by atoms with van der Waals surface area (Å²) < 4.78 is 0. The maximum absolute atomic E-state index is 12.8. The standard InChI is InChI=1S/C18H25NO7/c1-11-12(2)17(23)15(13(3)16(11)22)18(4,10-14(20)21)8-6-5-7-9-26-19(24)25/h5-10H2,1-4H3,(H,20,21). The van der Waals surface area contributed by atoms with Crippen LogP contribution in [0, 0.1) is 15.5 Å². The van der Waals surface area contributed by atoms with E-state index >= 15 is 0 Å². The minimum Gasteiger partial charge on any atom is -0.481 e. The zero-order valence-corrected chi connectivity index (χ0v) is 15.6. The van der Waals surface area contributed by atoms with E-state index in [4.69, 9.17) is 0 Å². The molecule has 0 bridgehead atoms. The predicted molar refractivity (Wildman–Crippen MR) is 92.9 cm³/mol. The molecule has 0 aromatic carbocycles. The molecule has 144 valence electrons. The van der Waals surface area contributed by atoms with Crippen molar-refractivity contribution < 1.29 is 29.4 Å². The first-order valence-corrected chi connectivity index (χ1v) is 8.48. The highest BCUT2D eigenvalue weighted by Crippen LogP contribution is 2.42. The van der Waals surface area contributed by atoms with Gasteiger partial charge in [-0.25, -0.2) is 0 Å². The Labute approximate surface area is 152 Å². The highest BCUT2D eigenvalue weighted by molar-refractivity contribution is 6.25. The van der Waals surface area contributed by atoms with Crippen LogP contribution < -0.4 is 0 Å². The molecular weight excluding hydrogens is 342 g/mol. The Morgan fingerprint density at radius 2 is 1.65 bits per heavy atom. The van der Waals surface area contributed by atoms with Gasteiger partial charge in [-0.05, 0) is 33.6 Å². The summed E-state index contributed by atoms with van der Waals surface area (Å²) in [6.45, 7) is 6.41. The first-order chi connectivity index (χ1) is 12.0. The third-order valence-corrected chi connectivity index (χ3v) is 4.90. The van der Waals surface area contributed by atoms with E-state index in [1.54, 1.807) is 27.7 Å². The molecule has 0 saturated heterocycles. The molecule has 1 unspecified atom stereocenters. The molecule has 1 rings (SSSR count). The molecule has 26 heavy (non-hydrogen) atoms. The van der Waals surface area contributed by atoms with Crippen LogP contribution in [0.4, 0.5) is 0 Å². The Balaban J connectivity index is 2.98. The van der Waals surface area contributed by atoms with Gasteiger partial charge in [-0.3, -0.25) is 14.4 Å². The van der Waals surface area contributed by atoms with Gasteiger partial charge in [0.2, 0.25) is 0 Å². The van der Waals surface area contributed by atoms with Crippen molar-refractivity contribution in [3.05, 3.63) is 32.4 Å². The van der Waals surface area contributed by atoms with Gasteiger partial charge in [0.1, 0.15) is 0 Å². The third-order valence-electron chi connectivity index (χ3n) is 4.90. The van der Waals surface area contributed by atoms with Crippen molar-refractivity contribution in [1.82, 2.24) is 0 Å². The van der Waals surface area contributed by atoms with E-state index in [1.807, 2.05) is 0 Å². The molecule has 0 aromatic heterocycles. The van der Waals surface area contributed by atoms with Crippen molar-refractivity contribution in [2.24, 2.45) is 5.41 Å². The second-order valence-corrected chi connectivity index (χ2v) is 6.91. The lowest BCUT2D eigenvalue weighted by atomic mass is 9.68. The van der Waals surface area contributed by atoms with Gasteiger partial charge in [0.25, 0.3) is 5.09 Å². The molecule has 0 radical (unpaired) electrons. The molecule has 1 aliphatic carbocycles. The molecule has 1 aliphatic rings. The number of carbonyl (C=O) groups is 3. The van der Waals surface area contributed by atoms with Crippen LogP contribution in [0.15, 0.2) is 22.3 Å². The maximum atomic E-state index is 12.8. The number of carboxylic acids is 1. The summed E-state index contributed by atoms with van der Waals surface area (Å²) in [6, 6.07) is 0. The number of hydrogen-bond donors (Lipinski definition) is 1. The van der Waals surface area contributed by atoms with Crippen LogP contribution in [0.2, 0.25) is 0 Å². The fourth-order valence-corrected chi connectivity index (χ4v) is 3.39. The van der Waals surface area contributed by atoms with Gasteiger partial charge < -0.3 is 9.94 Å². The Hall–Kier alpha value is -2.51. The van der Waals surface area contributed by atoms with Gasteiger partial charge >= 0.3 is 5.97 Å². The first-order valence-electron chi connectivity index (χ1n) is 8.48. The number of nitrogens with zero attached hydrogens (tertiary/aromatic N) is 1. The number of carboxylic acid groups (broad SMARTS) is 1. The van der Waals surface area contributed by atoms with Crippen molar-refractivity contribution in [2.75, 3.05) is 6.61 Å². The smallest absolute Gasteiger partial charge is 0.304 e. The molecule has 1 N–H and O–H groups in total. The van der Waals surface area contributed by atoms with Crippen molar-refractivity contribution in [1.29, 1.82) is 0 Å². The van der Waals surface area contributed by atoms with Crippen molar-refractivity contribution in [3.63, 3.8) is 0 Å². The van der Waals surface area contributed by atoms with E-state index in [2.05, 4.69) is 4.84 Å². The zero-order chi connectivity index (χ0) is 20.1. The largest absolute Gasteiger partial charge is 0.481 e. The lowest BCUT2D eigenvalue weighted by molar-refractivity contribution is -0.757. The second-order valence-electron chi connectivity index (χ2n) is 6.91. The Morgan fingerprint density at radius 1 is 1.08 bits per heavy atom. The molecular formula is C18H25NO7. The number of carbonyl (C=O) groups excluding carboxylic acids is 2. The van der Waals surface area contributed by atoms with E-state index in [1.165, 1.54) is 0 Å². The van der Waals surface area contributed by atoms with Gasteiger partial charge in [-0.15, -0.1) is 10.1 Å². The average molecular weight is 367 g/mol. The number of ketones is 2. The zero-order valence-electron chi connectivity index (χ0n) is 15.6. The third kappa shape index (κ3) is 5.00. The molecule has 0 fully saturated rings. The summed E-state index contributed by atoms with van der Waals surface area (Å²) in [6.07, 6.45) is 1.72. The monoisotopic (exact) mass is 367 g/mol. The average Bonchev–Trinajstić information content (AvgIpc) is 2.53. The molecule has 0 amide bonds. The summed E-state index contributed by atoms with van der Waals surface area (Å²) in [5.74, 6) is -1.55. The Kier molecular flexibility index (Phi) is 7.23. The molecule has 0 saturated carbocycles. The number of hydrogen-bond acceptors (Lipinski definition) is 6. The van der Waals surface area contributed by atoms with Gasteiger partial charge in [0.15, 0.2) is 11.6 Å². The second kappa shape index (κ2) is 8.73. The predicted octanol–water partition coefficient (Wildman–Crippen LogP) is 3.04. The van der Waals surface area contributed by atoms with E-state index in [0.29, 0.717) is 42.4 Å². The van der Waals surface area contributed by atoms with E-state index in [9.17, 15) is 29.6 Å². The number of allylic oxidation sites excluding steroid dienone is 4. The minimum absolute atomic E-state index is 0.0250. The quantitative estimate of drug-likeness (QED) is 0.272. The highest BCUT2D eigenvalue weighted by atomic mass is 16.9. The van der Waals surface area contributed by atoms with E-state index < -0.39 is 16.5 Å². The number of unbranched alkanes of at least 4 members (excludes halogenated alkanes) is 2. The van der Waals surface area contributed by atoms with E-state index in [-0.39, 0.29) is 30.2 Å². The van der Waals surface area contributed by atoms with Gasteiger partial charge in [0.05, 0.1) is 13.0 Å². The summed E-state index contributed by atoms with van der Waals surface area (Å²) in [5, 5.41) is 18.6. The first kappa shape index (κ1) is 21.5. The van der Waals surface area contributed by atoms with Crippen LogP contribution in [-0.2, 0) is 19.2 Å². The summed E-state index contributed by atoms with van der Waals surface area (Å²) in [5.41, 5.74) is 0.347. The molecule has 8 nitrogen and oxygen atoms in total. The number of Topliss-reactive ketones (excluding diaryl/α,β-unsaturated/α-hetero) is 2. The summed E-state index contributed by atoms with van der Waals surface area (Å²) in [7, 11) is 0. The van der Waals surface area contributed by atoms with Gasteiger partial charge in [0, 0.05) is 27.7 Å². The van der Waals surface area contributed by atoms with Crippen LogP contribution in [0.3, 0.4) is 0 Å². The number of rotatable bonds is 10. The topological polar surface area (TPSA) is 124 Å². The molecule has 8 heteroatoms. The fraction of sp³-hybridized carbons (Fsp3) is 0.611. The van der Waals surface area contributed by atoms with Crippen LogP contribution in [-0.4, -0.2) is 34.3 Å². The van der Waals surface area contributed by atoms with Crippen LogP contribution in [0.25, 0.3) is 0 Å². The Morgan fingerprint density at radius 3 is 2.19 bits per heavy atom. The summed E-state index contributed by atoms with van der Waals surface area (Å²) in [4.78, 5) is 50.9. The minimum atomic E-state index is -1.05. The van der Waals surface area contributed by atoms with Crippen LogP contribution in [0.5, 0.6) is 0 Å². The van der Waals surface area contributed by atoms with Crippen molar-refractivity contribution >= 4 is 17.5 Å². The van der Waals surface area contributed by atoms with Crippen molar-refractivity contribution in [2.45, 2.75) is 59.8 Å². The summed E-state index contributed by atoms with van der Waals surface area (Å²) >= 11 is 0.